The standard InChI is InChI=1S/C21H25N3O3/c1-2-10-23-11-3-8-21(20(23)26)9-12-24(14-21)19(25)17-6-4-16(5-7-17)18-13-22-15-27-18/h4-7,13,15H,2-3,8-12,14H2,1H3. The minimum absolute atomic E-state index is 0.00332. The summed E-state index contributed by atoms with van der Waals surface area (Å²) in [7, 11) is 0. The Bertz CT molecular complexity index is 814. The number of hydrogen-bond acceptors (Lipinski definition) is 4. The fourth-order valence-electron chi connectivity index (χ4n) is 4.38. The molecule has 1 aromatic heterocycles. The van der Waals surface area contributed by atoms with Crippen LogP contribution in [0.5, 0.6) is 0 Å². The summed E-state index contributed by atoms with van der Waals surface area (Å²) in [6.07, 6.45) is 6.70. The maximum atomic E-state index is 13.0. The van der Waals surface area contributed by atoms with Crippen LogP contribution < -0.4 is 0 Å². The molecule has 0 aliphatic carbocycles. The second-order valence-corrected chi connectivity index (χ2v) is 7.60. The summed E-state index contributed by atoms with van der Waals surface area (Å²) in [5, 5.41) is 0. The van der Waals surface area contributed by atoms with Crippen LogP contribution >= 0.6 is 0 Å². The predicted octanol–water partition coefficient (Wildman–Crippen LogP) is 3.21. The zero-order valence-electron chi connectivity index (χ0n) is 15.7. The van der Waals surface area contributed by atoms with Crippen LogP contribution in [-0.2, 0) is 4.79 Å². The lowest BCUT2D eigenvalue weighted by Gasteiger charge is -2.39. The number of amides is 2. The van der Waals surface area contributed by atoms with E-state index in [1.807, 2.05) is 34.1 Å². The molecular formula is C21H25N3O3. The molecule has 1 unspecified atom stereocenters. The third-order valence-electron chi connectivity index (χ3n) is 5.81. The molecule has 2 saturated heterocycles. The Kier molecular flexibility index (Phi) is 4.72. The van der Waals surface area contributed by atoms with Crippen LogP contribution in [0.2, 0.25) is 0 Å². The molecule has 1 spiro atoms. The van der Waals surface area contributed by atoms with Gasteiger partial charge in [-0.25, -0.2) is 4.98 Å². The number of nitrogens with zero attached hydrogens (tertiary/aromatic N) is 3. The molecule has 4 rings (SSSR count). The minimum atomic E-state index is -0.372. The molecule has 27 heavy (non-hydrogen) atoms. The van der Waals surface area contributed by atoms with Gasteiger partial charge in [0.15, 0.2) is 12.2 Å². The molecule has 0 bridgehead atoms. The Morgan fingerprint density at radius 3 is 2.74 bits per heavy atom. The van der Waals surface area contributed by atoms with Crippen LogP contribution in [0.3, 0.4) is 0 Å². The molecule has 1 aromatic carbocycles. The molecule has 6 nitrogen and oxygen atoms in total. The minimum Gasteiger partial charge on any atom is -0.444 e. The quantitative estimate of drug-likeness (QED) is 0.832. The second-order valence-electron chi connectivity index (χ2n) is 7.60. The highest BCUT2D eigenvalue weighted by atomic mass is 16.3. The first-order chi connectivity index (χ1) is 13.1. The van der Waals surface area contributed by atoms with Crippen molar-refractivity contribution in [3.8, 4) is 11.3 Å². The van der Waals surface area contributed by atoms with Gasteiger partial charge in [0.1, 0.15) is 0 Å². The Hall–Kier alpha value is -2.63. The lowest BCUT2D eigenvalue weighted by atomic mass is 9.78. The fourth-order valence-corrected chi connectivity index (χ4v) is 4.38. The van der Waals surface area contributed by atoms with E-state index < -0.39 is 0 Å². The van der Waals surface area contributed by atoms with Gasteiger partial charge in [0.25, 0.3) is 5.91 Å². The largest absolute Gasteiger partial charge is 0.444 e. The van der Waals surface area contributed by atoms with Crippen molar-refractivity contribution >= 4 is 11.8 Å². The number of carbonyl (C=O) groups excluding carboxylic acids is 2. The van der Waals surface area contributed by atoms with Gasteiger partial charge in [0.2, 0.25) is 5.91 Å². The summed E-state index contributed by atoms with van der Waals surface area (Å²) in [6.45, 7) is 4.95. The molecular weight excluding hydrogens is 342 g/mol. The summed E-state index contributed by atoms with van der Waals surface area (Å²) in [6, 6.07) is 7.37. The van der Waals surface area contributed by atoms with Gasteiger partial charge in [0, 0.05) is 37.3 Å². The third kappa shape index (κ3) is 3.24. The lowest BCUT2D eigenvalue weighted by Crippen LogP contribution is -2.50. The molecule has 0 saturated carbocycles. The van der Waals surface area contributed by atoms with Gasteiger partial charge in [-0.1, -0.05) is 19.1 Å². The van der Waals surface area contributed by atoms with Crippen LogP contribution in [0.25, 0.3) is 11.3 Å². The van der Waals surface area contributed by atoms with Gasteiger partial charge in [-0.05, 0) is 37.8 Å². The normalized spacial score (nSPS) is 22.6. The van der Waals surface area contributed by atoms with E-state index in [2.05, 4.69) is 11.9 Å². The topological polar surface area (TPSA) is 66.7 Å². The van der Waals surface area contributed by atoms with Gasteiger partial charge in [-0.15, -0.1) is 0 Å². The molecule has 2 aromatic rings. The molecule has 2 aliphatic rings. The van der Waals surface area contributed by atoms with Crippen molar-refractivity contribution in [2.24, 2.45) is 5.41 Å². The summed E-state index contributed by atoms with van der Waals surface area (Å²) in [5.74, 6) is 0.918. The van der Waals surface area contributed by atoms with E-state index in [4.69, 9.17) is 4.42 Å². The number of oxazole rings is 1. The Labute approximate surface area is 159 Å². The van der Waals surface area contributed by atoms with Crippen molar-refractivity contribution < 1.29 is 14.0 Å². The first-order valence-corrected chi connectivity index (χ1v) is 9.70. The van der Waals surface area contributed by atoms with E-state index in [1.165, 1.54) is 6.39 Å². The van der Waals surface area contributed by atoms with E-state index in [0.29, 0.717) is 24.4 Å². The number of piperidine rings is 1. The first kappa shape index (κ1) is 17.8. The average molecular weight is 367 g/mol. The van der Waals surface area contributed by atoms with E-state index in [0.717, 1.165) is 44.3 Å². The van der Waals surface area contributed by atoms with Gasteiger partial charge in [-0.2, -0.15) is 0 Å². The van der Waals surface area contributed by atoms with E-state index in [1.54, 1.807) is 6.20 Å². The van der Waals surface area contributed by atoms with Crippen molar-refractivity contribution in [2.75, 3.05) is 26.2 Å². The molecule has 2 amide bonds. The van der Waals surface area contributed by atoms with Crippen LogP contribution in [0.15, 0.2) is 41.3 Å². The van der Waals surface area contributed by atoms with Crippen molar-refractivity contribution in [1.29, 1.82) is 0 Å². The number of benzene rings is 1. The summed E-state index contributed by atoms with van der Waals surface area (Å²) >= 11 is 0. The van der Waals surface area contributed by atoms with Crippen LogP contribution in [0, 0.1) is 5.41 Å². The molecule has 142 valence electrons. The molecule has 2 aliphatic heterocycles. The van der Waals surface area contributed by atoms with E-state index in [9.17, 15) is 9.59 Å². The highest BCUT2D eigenvalue weighted by Crippen LogP contribution is 2.40. The molecule has 1 atom stereocenters. The van der Waals surface area contributed by atoms with E-state index >= 15 is 0 Å². The van der Waals surface area contributed by atoms with Crippen LogP contribution in [-0.4, -0.2) is 52.8 Å². The SMILES string of the molecule is CCCN1CCCC2(CCN(C(=O)c3ccc(-c4cnco4)cc3)C2)C1=O. The Morgan fingerprint density at radius 2 is 2.04 bits per heavy atom. The zero-order chi connectivity index (χ0) is 18.9. The van der Waals surface area contributed by atoms with E-state index in [-0.39, 0.29) is 17.2 Å². The van der Waals surface area contributed by atoms with Crippen molar-refractivity contribution in [3.63, 3.8) is 0 Å². The lowest BCUT2D eigenvalue weighted by molar-refractivity contribution is -0.145. The summed E-state index contributed by atoms with van der Waals surface area (Å²) in [4.78, 5) is 33.7. The second kappa shape index (κ2) is 7.18. The van der Waals surface area contributed by atoms with Crippen molar-refractivity contribution in [3.05, 3.63) is 42.4 Å². The zero-order valence-corrected chi connectivity index (χ0v) is 15.7. The molecule has 6 heteroatoms. The number of carbonyl (C=O) groups is 2. The molecule has 0 radical (unpaired) electrons. The average Bonchev–Trinajstić information content (AvgIpc) is 3.37. The number of likely N-dealkylation sites (tertiary alicyclic amines) is 2. The Balaban J connectivity index is 1.47. The van der Waals surface area contributed by atoms with Gasteiger partial charge in [0.05, 0.1) is 11.6 Å². The number of aromatic nitrogens is 1. The van der Waals surface area contributed by atoms with Gasteiger partial charge in [-0.3, -0.25) is 9.59 Å². The predicted molar refractivity (Wildman–Crippen MR) is 101 cm³/mol. The number of hydrogen-bond donors (Lipinski definition) is 0. The Morgan fingerprint density at radius 1 is 1.22 bits per heavy atom. The van der Waals surface area contributed by atoms with Crippen molar-refractivity contribution in [2.45, 2.75) is 32.6 Å². The highest BCUT2D eigenvalue weighted by Gasteiger charge is 2.49. The van der Waals surface area contributed by atoms with Crippen LogP contribution in [0.1, 0.15) is 43.0 Å². The van der Waals surface area contributed by atoms with Gasteiger partial charge < -0.3 is 14.2 Å². The smallest absolute Gasteiger partial charge is 0.253 e. The highest BCUT2D eigenvalue weighted by molar-refractivity contribution is 5.96. The molecule has 0 N–H and O–H groups in total. The summed E-state index contributed by atoms with van der Waals surface area (Å²) < 4.78 is 5.29. The number of rotatable bonds is 4. The third-order valence-corrected chi connectivity index (χ3v) is 5.81. The maximum Gasteiger partial charge on any atom is 0.253 e. The summed E-state index contributed by atoms with van der Waals surface area (Å²) in [5.41, 5.74) is 1.16. The maximum absolute atomic E-state index is 13.0. The first-order valence-electron chi connectivity index (χ1n) is 9.70. The molecule has 2 fully saturated rings. The monoisotopic (exact) mass is 367 g/mol. The van der Waals surface area contributed by atoms with Gasteiger partial charge >= 0.3 is 0 Å². The molecule has 3 heterocycles. The fraction of sp³-hybridized carbons (Fsp3) is 0.476. The van der Waals surface area contributed by atoms with Crippen LogP contribution in [0.4, 0.5) is 0 Å². The van der Waals surface area contributed by atoms with Crippen molar-refractivity contribution in [1.82, 2.24) is 14.8 Å².